The van der Waals surface area contributed by atoms with Gasteiger partial charge in [0.15, 0.2) is 0 Å². The summed E-state index contributed by atoms with van der Waals surface area (Å²) in [5.41, 5.74) is 2.31. The van der Waals surface area contributed by atoms with E-state index in [4.69, 9.17) is 0 Å². The third-order valence-corrected chi connectivity index (χ3v) is 4.38. The number of aryl methyl sites for hydroxylation is 1. The van der Waals surface area contributed by atoms with Gasteiger partial charge in [-0.25, -0.2) is 0 Å². The maximum absolute atomic E-state index is 10.5. The molecule has 0 bridgehead atoms. The minimum absolute atomic E-state index is 0.327. The Labute approximate surface area is 126 Å². The molecule has 21 heavy (non-hydrogen) atoms. The van der Waals surface area contributed by atoms with E-state index in [-0.39, 0.29) is 6.10 Å². The molecule has 1 N–H and O–H groups in total. The van der Waals surface area contributed by atoms with Crippen LogP contribution in [0.4, 0.5) is 0 Å². The second-order valence-corrected chi connectivity index (χ2v) is 5.99. The fourth-order valence-corrected chi connectivity index (χ4v) is 3.16. The van der Waals surface area contributed by atoms with Gasteiger partial charge in [-0.3, -0.25) is 9.58 Å². The van der Waals surface area contributed by atoms with E-state index in [1.807, 2.05) is 48.3 Å². The van der Waals surface area contributed by atoms with E-state index in [0.29, 0.717) is 5.92 Å². The van der Waals surface area contributed by atoms with Crippen molar-refractivity contribution in [2.24, 2.45) is 13.0 Å². The van der Waals surface area contributed by atoms with Gasteiger partial charge in [-0.05, 0) is 37.4 Å². The summed E-state index contributed by atoms with van der Waals surface area (Å²) in [5.74, 6) is 0.373. The average molecular weight is 285 g/mol. The standard InChI is InChI=1S/C17H23N3O/c1-19-12-14(11-18-19)13-20-9-7-16(8-10-20)17(21)15-5-3-2-4-6-15/h2-6,11-12,16-17,21H,7-10,13H2,1H3. The van der Waals surface area contributed by atoms with E-state index < -0.39 is 0 Å². The second-order valence-electron chi connectivity index (χ2n) is 5.99. The molecular weight excluding hydrogens is 262 g/mol. The number of hydrogen-bond acceptors (Lipinski definition) is 3. The number of likely N-dealkylation sites (tertiary alicyclic amines) is 1. The quantitative estimate of drug-likeness (QED) is 0.937. The first-order valence-corrected chi connectivity index (χ1v) is 7.65. The molecule has 112 valence electrons. The molecular formula is C17H23N3O. The Hall–Kier alpha value is -1.65. The van der Waals surface area contributed by atoms with Crippen molar-refractivity contribution in [1.29, 1.82) is 0 Å². The first-order chi connectivity index (χ1) is 10.2. The predicted octanol–water partition coefficient (Wildman–Crippen LogP) is 2.37. The van der Waals surface area contributed by atoms with Crippen molar-refractivity contribution in [1.82, 2.24) is 14.7 Å². The molecule has 1 saturated heterocycles. The van der Waals surface area contributed by atoms with Gasteiger partial charge in [0.1, 0.15) is 0 Å². The predicted molar refractivity (Wildman–Crippen MR) is 82.6 cm³/mol. The summed E-state index contributed by atoms with van der Waals surface area (Å²) in [6.07, 6.45) is 5.79. The van der Waals surface area contributed by atoms with E-state index in [2.05, 4.69) is 16.2 Å². The lowest BCUT2D eigenvalue weighted by atomic mass is 9.87. The van der Waals surface area contributed by atoms with Crippen LogP contribution in [0.3, 0.4) is 0 Å². The molecule has 1 unspecified atom stereocenters. The number of rotatable bonds is 4. The van der Waals surface area contributed by atoms with Crippen LogP contribution in [0, 0.1) is 5.92 Å². The smallest absolute Gasteiger partial charge is 0.0819 e. The van der Waals surface area contributed by atoms with E-state index >= 15 is 0 Å². The highest BCUT2D eigenvalue weighted by atomic mass is 16.3. The summed E-state index contributed by atoms with van der Waals surface area (Å²) in [6.45, 7) is 3.05. The van der Waals surface area contributed by atoms with Crippen molar-refractivity contribution < 1.29 is 5.11 Å². The van der Waals surface area contributed by atoms with Gasteiger partial charge in [0.05, 0.1) is 12.3 Å². The molecule has 2 heterocycles. The molecule has 0 aliphatic carbocycles. The van der Waals surface area contributed by atoms with E-state index in [0.717, 1.165) is 38.0 Å². The molecule has 0 saturated carbocycles. The van der Waals surface area contributed by atoms with Gasteiger partial charge in [0, 0.05) is 25.4 Å². The highest BCUT2D eigenvalue weighted by molar-refractivity contribution is 5.18. The number of nitrogens with zero attached hydrogens (tertiary/aromatic N) is 3. The first-order valence-electron chi connectivity index (χ1n) is 7.65. The number of aliphatic hydroxyl groups is 1. The molecule has 1 aliphatic heterocycles. The molecule has 1 fully saturated rings. The lowest BCUT2D eigenvalue weighted by Gasteiger charge is -2.34. The fraction of sp³-hybridized carbons (Fsp3) is 0.471. The molecule has 1 aliphatic rings. The number of aromatic nitrogens is 2. The molecule has 2 aromatic rings. The molecule has 1 aromatic carbocycles. The Morgan fingerprint density at radius 1 is 1.24 bits per heavy atom. The third kappa shape index (κ3) is 3.52. The Kier molecular flexibility index (Phi) is 4.36. The fourth-order valence-electron chi connectivity index (χ4n) is 3.16. The Morgan fingerprint density at radius 2 is 1.95 bits per heavy atom. The molecule has 3 rings (SSSR count). The van der Waals surface area contributed by atoms with Crippen LogP contribution in [0.2, 0.25) is 0 Å². The van der Waals surface area contributed by atoms with Gasteiger partial charge in [-0.1, -0.05) is 30.3 Å². The molecule has 0 spiro atoms. The van der Waals surface area contributed by atoms with Gasteiger partial charge in [-0.15, -0.1) is 0 Å². The number of aliphatic hydroxyl groups excluding tert-OH is 1. The minimum Gasteiger partial charge on any atom is -0.388 e. The Bertz CT molecular complexity index is 558. The number of piperidine rings is 1. The van der Waals surface area contributed by atoms with E-state index in [9.17, 15) is 5.11 Å². The normalized spacial score (nSPS) is 18.8. The van der Waals surface area contributed by atoms with Crippen LogP contribution < -0.4 is 0 Å². The van der Waals surface area contributed by atoms with Crippen molar-refractivity contribution in [2.75, 3.05) is 13.1 Å². The largest absolute Gasteiger partial charge is 0.388 e. The number of hydrogen-bond donors (Lipinski definition) is 1. The van der Waals surface area contributed by atoms with Crippen LogP contribution in [0.25, 0.3) is 0 Å². The van der Waals surface area contributed by atoms with E-state index in [1.54, 1.807) is 0 Å². The summed E-state index contributed by atoms with van der Waals surface area (Å²) < 4.78 is 1.85. The molecule has 1 atom stereocenters. The van der Waals surface area contributed by atoms with Gasteiger partial charge in [0.25, 0.3) is 0 Å². The summed E-state index contributed by atoms with van der Waals surface area (Å²) in [6, 6.07) is 10.0. The monoisotopic (exact) mass is 285 g/mol. The number of benzene rings is 1. The van der Waals surface area contributed by atoms with Gasteiger partial charge in [0.2, 0.25) is 0 Å². The van der Waals surface area contributed by atoms with Crippen molar-refractivity contribution in [3.8, 4) is 0 Å². The van der Waals surface area contributed by atoms with Crippen molar-refractivity contribution >= 4 is 0 Å². The topological polar surface area (TPSA) is 41.3 Å². The summed E-state index contributed by atoms with van der Waals surface area (Å²) in [7, 11) is 1.95. The Morgan fingerprint density at radius 3 is 2.57 bits per heavy atom. The zero-order valence-electron chi connectivity index (χ0n) is 12.5. The van der Waals surface area contributed by atoms with Crippen LogP contribution in [-0.4, -0.2) is 32.9 Å². The zero-order chi connectivity index (χ0) is 14.7. The van der Waals surface area contributed by atoms with Crippen LogP contribution in [-0.2, 0) is 13.6 Å². The summed E-state index contributed by atoms with van der Waals surface area (Å²) >= 11 is 0. The van der Waals surface area contributed by atoms with E-state index in [1.165, 1.54) is 5.56 Å². The van der Waals surface area contributed by atoms with Gasteiger partial charge < -0.3 is 5.11 Å². The van der Waals surface area contributed by atoms with Crippen LogP contribution in [0.1, 0.15) is 30.1 Å². The van der Waals surface area contributed by atoms with Crippen molar-refractivity contribution in [3.63, 3.8) is 0 Å². The molecule has 0 radical (unpaired) electrons. The average Bonchev–Trinajstić information content (AvgIpc) is 2.93. The van der Waals surface area contributed by atoms with Crippen LogP contribution in [0.5, 0.6) is 0 Å². The molecule has 4 heteroatoms. The van der Waals surface area contributed by atoms with Gasteiger partial charge in [-0.2, -0.15) is 5.10 Å². The summed E-state index contributed by atoms with van der Waals surface area (Å²) in [5, 5.41) is 14.7. The highest BCUT2D eigenvalue weighted by Crippen LogP contribution is 2.30. The lowest BCUT2D eigenvalue weighted by molar-refractivity contribution is 0.0568. The van der Waals surface area contributed by atoms with Crippen molar-refractivity contribution in [2.45, 2.75) is 25.5 Å². The lowest BCUT2D eigenvalue weighted by Crippen LogP contribution is -2.35. The maximum Gasteiger partial charge on any atom is 0.0819 e. The van der Waals surface area contributed by atoms with Crippen LogP contribution >= 0.6 is 0 Å². The van der Waals surface area contributed by atoms with Crippen LogP contribution in [0.15, 0.2) is 42.7 Å². The molecule has 0 amide bonds. The Balaban J connectivity index is 1.53. The zero-order valence-corrected chi connectivity index (χ0v) is 12.5. The SMILES string of the molecule is Cn1cc(CN2CCC(C(O)c3ccccc3)CC2)cn1. The summed E-state index contributed by atoms with van der Waals surface area (Å²) in [4.78, 5) is 2.45. The first kappa shape index (κ1) is 14.3. The molecule has 4 nitrogen and oxygen atoms in total. The third-order valence-electron chi connectivity index (χ3n) is 4.38. The highest BCUT2D eigenvalue weighted by Gasteiger charge is 2.26. The van der Waals surface area contributed by atoms with Gasteiger partial charge >= 0.3 is 0 Å². The van der Waals surface area contributed by atoms with Crippen molar-refractivity contribution in [3.05, 3.63) is 53.9 Å². The maximum atomic E-state index is 10.5. The minimum atomic E-state index is -0.327. The molecule has 1 aromatic heterocycles. The second kappa shape index (κ2) is 6.41.